The van der Waals surface area contributed by atoms with Crippen LogP contribution < -0.4 is 10.1 Å². The van der Waals surface area contributed by atoms with Crippen LogP contribution in [0.4, 0.5) is 0 Å². The standard InChI is InChI=1S/C16H16ClNO2/c1-10(11-2-4-12(17)5-3-11)18-15-9-20-16-8-13(19)6-7-14(15)16/h2-8,10,15,18-19H,9H2,1H3. The molecule has 20 heavy (non-hydrogen) atoms. The summed E-state index contributed by atoms with van der Waals surface area (Å²) in [5.41, 5.74) is 2.27. The molecule has 2 unspecified atom stereocenters. The van der Waals surface area contributed by atoms with Crippen molar-refractivity contribution >= 4 is 11.6 Å². The van der Waals surface area contributed by atoms with E-state index in [2.05, 4.69) is 12.2 Å². The van der Waals surface area contributed by atoms with Gasteiger partial charge in [-0.15, -0.1) is 0 Å². The average Bonchev–Trinajstić information content (AvgIpc) is 2.81. The van der Waals surface area contributed by atoms with Crippen molar-refractivity contribution in [3.05, 3.63) is 58.6 Å². The zero-order valence-corrected chi connectivity index (χ0v) is 11.9. The summed E-state index contributed by atoms with van der Waals surface area (Å²) in [5, 5.41) is 13.7. The zero-order chi connectivity index (χ0) is 14.1. The van der Waals surface area contributed by atoms with Gasteiger partial charge in [0.25, 0.3) is 0 Å². The van der Waals surface area contributed by atoms with Gasteiger partial charge < -0.3 is 15.2 Å². The highest BCUT2D eigenvalue weighted by molar-refractivity contribution is 6.30. The molecule has 0 aromatic heterocycles. The molecular formula is C16H16ClNO2. The minimum absolute atomic E-state index is 0.135. The maximum atomic E-state index is 9.46. The third-order valence-electron chi connectivity index (χ3n) is 3.60. The van der Waals surface area contributed by atoms with Gasteiger partial charge >= 0.3 is 0 Å². The summed E-state index contributed by atoms with van der Waals surface area (Å²) < 4.78 is 5.60. The number of aromatic hydroxyl groups is 1. The molecule has 104 valence electrons. The Morgan fingerprint density at radius 1 is 1.25 bits per heavy atom. The molecule has 2 atom stereocenters. The number of fused-ring (bicyclic) bond motifs is 1. The van der Waals surface area contributed by atoms with Crippen molar-refractivity contribution in [3.8, 4) is 11.5 Å². The zero-order valence-electron chi connectivity index (χ0n) is 11.1. The molecule has 2 aromatic rings. The predicted octanol–water partition coefficient (Wildman–Crippen LogP) is 3.83. The summed E-state index contributed by atoms with van der Waals surface area (Å²) >= 11 is 5.90. The van der Waals surface area contributed by atoms with E-state index in [-0.39, 0.29) is 17.8 Å². The maximum Gasteiger partial charge on any atom is 0.127 e. The Labute approximate surface area is 123 Å². The Morgan fingerprint density at radius 3 is 2.75 bits per heavy atom. The van der Waals surface area contributed by atoms with Crippen LogP contribution in [0.1, 0.15) is 30.1 Å². The van der Waals surface area contributed by atoms with E-state index in [0.29, 0.717) is 6.61 Å². The number of phenolic OH excluding ortho intramolecular Hbond substituents is 1. The van der Waals surface area contributed by atoms with Crippen LogP contribution in [0, 0.1) is 0 Å². The van der Waals surface area contributed by atoms with E-state index in [9.17, 15) is 5.11 Å². The van der Waals surface area contributed by atoms with Crippen molar-refractivity contribution in [1.82, 2.24) is 5.32 Å². The molecule has 3 rings (SSSR count). The number of halogens is 1. The topological polar surface area (TPSA) is 41.5 Å². The fourth-order valence-electron chi connectivity index (χ4n) is 2.49. The number of nitrogens with one attached hydrogen (secondary N) is 1. The number of ether oxygens (including phenoxy) is 1. The van der Waals surface area contributed by atoms with E-state index in [4.69, 9.17) is 16.3 Å². The molecule has 2 aromatic carbocycles. The normalized spacial score (nSPS) is 18.4. The Balaban J connectivity index is 1.75. The van der Waals surface area contributed by atoms with E-state index in [0.717, 1.165) is 16.3 Å². The molecule has 2 N–H and O–H groups in total. The highest BCUT2D eigenvalue weighted by atomic mass is 35.5. The van der Waals surface area contributed by atoms with Crippen molar-refractivity contribution in [2.45, 2.75) is 19.0 Å². The molecule has 1 aliphatic rings. The highest BCUT2D eigenvalue weighted by Crippen LogP contribution is 2.36. The second kappa shape index (κ2) is 5.35. The molecular weight excluding hydrogens is 274 g/mol. The lowest BCUT2D eigenvalue weighted by Crippen LogP contribution is -2.25. The Kier molecular flexibility index (Phi) is 3.55. The minimum atomic E-state index is 0.135. The van der Waals surface area contributed by atoms with Gasteiger partial charge in [-0.2, -0.15) is 0 Å². The molecule has 0 spiro atoms. The van der Waals surface area contributed by atoms with E-state index in [1.165, 1.54) is 5.56 Å². The SMILES string of the molecule is CC(NC1COc2cc(O)ccc21)c1ccc(Cl)cc1. The van der Waals surface area contributed by atoms with Gasteiger partial charge in [-0.1, -0.05) is 23.7 Å². The third-order valence-corrected chi connectivity index (χ3v) is 3.85. The smallest absolute Gasteiger partial charge is 0.127 e. The maximum absolute atomic E-state index is 9.46. The molecule has 0 amide bonds. The average molecular weight is 290 g/mol. The molecule has 1 heterocycles. The Bertz CT molecular complexity index is 612. The number of phenols is 1. The summed E-state index contributed by atoms with van der Waals surface area (Å²) in [4.78, 5) is 0. The van der Waals surface area contributed by atoms with E-state index < -0.39 is 0 Å². The van der Waals surface area contributed by atoms with Gasteiger partial charge in [0.15, 0.2) is 0 Å². The molecule has 0 bridgehead atoms. The number of hydrogen-bond donors (Lipinski definition) is 2. The second-order valence-corrected chi connectivity index (χ2v) is 5.46. The summed E-state index contributed by atoms with van der Waals surface area (Å²) in [6.45, 7) is 2.69. The first-order valence-corrected chi connectivity index (χ1v) is 6.98. The van der Waals surface area contributed by atoms with Crippen LogP contribution in [0.25, 0.3) is 0 Å². The van der Waals surface area contributed by atoms with Crippen LogP contribution in [-0.2, 0) is 0 Å². The van der Waals surface area contributed by atoms with Crippen molar-refractivity contribution in [2.75, 3.05) is 6.61 Å². The van der Waals surface area contributed by atoms with E-state index >= 15 is 0 Å². The first kappa shape index (κ1) is 13.3. The second-order valence-electron chi connectivity index (χ2n) is 5.03. The fourth-order valence-corrected chi connectivity index (χ4v) is 2.61. The molecule has 0 aliphatic carbocycles. The molecule has 0 radical (unpaired) electrons. The van der Waals surface area contributed by atoms with Crippen molar-refractivity contribution in [2.24, 2.45) is 0 Å². The van der Waals surface area contributed by atoms with Crippen LogP contribution in [-0.4, -0.2) is 11.7 Å². The number of benzene rings is 2. The molecule has 0 saturated carbocycles. The van der Waals surface area contributed by atoms with Crippen molar-refractivity contribution in [1.29, 1.82) is 0 Å². The van der Waals surface area contributed by atoms with Gasteiger partial charge in [0.2, 0.25) is 0 Å². The first-order chi connectivity index (χ1) is 9.63. The molecule has 0 saturated heterocycles. The van der Waals surface area contributed by atoms with Crippen LogP contribution in [0.2, 0.25) is 5.02 Å². The summed E-state index contributed by atoms with van der Waals surface area (Å²) in [6, 6.07) is 13.4. The highest BCUT2D eigenvalue weighted by Gasteiger charge is 2.25. The van der Waals surface area contributed by atoms with Gasteiger partial charge in [0.1, 0.15) is 18.1 Å². The van der Waals surface area contributed by atoms with Crippen molar-refractivity contribution in [3.63, 3.8) is 0 Å². The quantitative estimate of drug-likeness (QED) is 0.902. The summed E-state index contributed by atoms with van der Waals surface area (Å²) in [5.74, 6) is 0.987. The molecule has 4 heteroatoms. The van der Waals surface area contributed by atoms with Gasteiger partial charge in [-0.05, 0) is 36.8 Å². The fraction of sp³-hybridized carbons (Fsp3) is 0.250. The van der Waals surface area contributed by atoms with Gasteiger partial charge in [0, 0.05) is 22.7 Å². The lowest BCUT2D eigenvalue weighted by Gasteiger charge is -2.19. The van der Waals surface area contributed by atoms with Gasteiger partial charge in [0.05, 0.1) is 6.04 Å². The lowest BCUT2D eigenvalue weighted by molar-refractivity contribution is 0.300. The predicted molar refractivity (Wildman–Crippen MR) is 79.3 cm³/mol. The Hall–Kier alpha value is -1.71. The monoisotopic (exact) mass is 289 g/mol. The van der Waals surface area contributed by atoms with Crippen LogP contribution in [0.3, 0.4) is 0 Å². The van der Waals surface area contributed by atoms with E-state index in [1.807, 2.05) is 30.3 Å². The first-order valence-electron chi connectivity index (χ1n) is 6.61. The summed E-state index contributed by atoms with van der Waals surface area (Å²) in [6.07, 6.45) is 0. The summed E-state index contributed by atoms with van der Waals surface area (Å²) in [7, 11) is 0. The molecule has 0 fully saturated rings. The Morgan fingerprint density at radius 2 is 2.00 bits per heavy atom. The molecule has 3 nitrogen and oxygen atoms in total. The lowest BCUT2D eigenvalue weighted by atomic mass is 10.0. The third kappa shape index (κ3) is 2.60. The molecule has 1 aliphatic heterocycles. The number of hydrogen-bond acceptors (Lipinski definition) is 3. The van der Waals surface area contributed by atoms with Crippen LogP contribution in [0.5, 0.6) is 11.5 Å². The van der Waals surface area contributed by atoms with Gasteiger partial charge in [-0.3, -0.25) is 0 Å². The van der Waals surface area contributed by atoms with E-state index in [1.54, 1.807) is 12.1 Å². The van der Waals surface area contributed by atoms with Gasteiger partial charge in [-0.25, -0.2) is 0 Å². The largest absolute Gasteiger partial charge is 0.508 e. The number of rotatable bonds is 3. The minimum Gasteiger partial charge on any atom is -0.508 e. The van der Waals surface area contributed by atoms with Crippen LogP contribution >= 0.6 is 11.6 Å². The van der Waals surface area contributed by atoms with Crippen LogP contribution in [0.15, 0.2) is 42.5 Å². The van der Waals surface area contributed by atoms with Crippen molar-refractivity contribution < 1.29 is 9.84 Å².